The molecular weight excluding hydrogens is 377 g/mol. The number of hydrogen-bond donors (Lipinski definition) is 2. The van der Waals surface area contributed by atoms with Gasteiger partial charge in [0, 0.05) is 24.8 Å². The Morgan fingerprint density at radius 1 is 1.26 bits per heavy atom. The lowest BCUT2D eigenvalue weighted by molar-refractivity contribution is -0.170. The Morgan fingerprint density at radius 2 is 1.96 bits per heavy atom. The average molecular weight is 397 g/mol. The molecule has 2 N–H and O–H groups in total. The molecule has 0 saturated heterocycles. The van der Waals surface area contributed by atoms with Crippen molar-refractivity contribution < 1.29 is 36.2 Å². The van der Waals surface area contributed by atoms with Crippen molar-refractivity contribution in [1.82, 2.24) is 15.6 Å². The minimum atomic E-state index is -4.46. The fourth-order valence-corrected chi connectivity index (χ4v) is 2.70. The topological polar surface area (TPSA) is 72.5 Å². The monoisotopic (exact) mass is 397 g/mol. The van der Waals surface area contributed by atoms with Crippen LogP contribution in [0.5, 0.6) is 5.88 Å². The summed E-state index contributed by atoms with van der Waals surface area (Å²) in [5, 5.41) is 5.32. The van der Waals surface area contributed by atoms with E-state index in [1.807, 2.05) is 0 Å². The van der Waals surface area contributed by atoms with Crippen molar-refractivity contribution in [2.75, 3.05) is 6.61 Å². The molecule has 1 aliphatic carbocycles. The summed E-state index contributed by atoms with van der Waals surface area (Å²) in [6.45, 7) is -4.18. The van der Waals surface area contributed by atoms with E-state index in [-0.39, 0.29) is 18.5 Å². The van der Waals surface area contributed by atoms with Crippen LogP contribution in [0, 0.1) is 0 Å². The van der Waals surface area contributed by atoms with Gasteiger partial charge in [-0.25, -0.2) is 9.78 Å². The molecule has 1 aromatic heterocycles. The SMILES string of the molecule is O=C(NCc1ccnc(OCC(F)(F)F)c1)NC1CCC(OC(F)F)CC1. The molecule has 0 aliphatic heterocycles. The Labute approximate surface area is 152 Å². The number of urea groups is 1. The van der Waals surface area contributed by atoms with E-state index < -0.39 is 31.5 Å². The second-order valence-corrected chi connectivity index (χ2v) is 6.10. The van der Waals surface area contributed by atoms with Crippen LogP contribution in [0.3, 0.4) is 0 Å². The molecule has 0 bridgehead atoms. The van der Waals surface area contributed by atoms with E-state index in [4.69, 9.17) is 0 Å². The number of aromatic nitrogens is 1. The number of pyridine rings is 1. The minimum absolute atomic E-state index is 0.0700. The highest BCUT2D eigenvalue weighted by atomic mass is 19.4. The lowest BCUT2D eigenvalue weighted by Crippen LogP contribution is -2.44. The largest absolute Gasteiger partial charge is 0.468 e. The zero-order valence-electron chi connectivity index (χ0n) is 14.3. The van der Waals surface area contributed by atoms with Crippen molar-refractivity contribution in [3.63, 3.8) is 0 Å². The number of ether oxygens (including phenoxy) is 2. The normalized spacial score (nSPS) is 20.4. The van der Waals surface area contributed by atoms with Crippen LogP contribution in [0.1, 0.15) is 31.2 Å². The van der Waals surface area contributed by atoms with Crippen molar-refractivity contribution in [1.29, 1.82) is 0 Å². The van der Waals surface area contributed by atoms with Crippen LogP contribution in [0.15, 0.2) is 18.3 Å². The highest BCUT2D eigenvalue weighted by Crippen LogP contribution is 2.23. The molecule has 2 amide bonds. The number of rotatable bonds is 7. The molecular formula is C16H20F5N3O3. The fourth-order valence-electron chi connectivity index (χ4n) is 2.70. The quantitative estimate of drug-likeness (QED) is 0.692. The highest BCUT2D eigenvalue weighted by Gasteiger charge is 2.28. The summed E-state index contributed by atoms with van der Waals surface area (Å²) in [4.78, 5) is 15.6. The van der Waals surface area contributed by atoms with Gasteiger partial charge in [-0.15, -0.1) is 0 Å². The number of halogens is 5. The molecule has 1 aromatic rings. The third kappa shape index (κ3) is 8.37. The molecule has 2 rings (SSSR count). The average Bonchev–Trinajstić information content (AvgIpc) is 2.59. The highest BCUT2D eigenvalue weighted by molar-refractivity contribution is 5.74. The van der Waals surface area contributed by atoms with Gasteiger partial charge in [0.25, 0.3) is 0 Å². The summed E-state index contributed by atoms with van der Waals surface area (Å²) in [6, 6.07) is 2.24. The Balaban J connectivity index is 1.71. The van der Waals surface area contributed by atoms with Gasteiger partial charge in [0.05, 0.1) is 6.10 Å². The summed E-state index contributed by atoms with van der Waals surface area (Å²) in [5.41, 5.74) is 0.520. The van der Waals surface area contributed by atoms with Crippen molar-refractivity contribution in [2.24, 2.45) is 0 Å². The zero-order valence-corrected chi connectivity index (χ0v) is 14.3. The van der Waals surface area contributed by atoms with Gasteiger partial charge in [0.15, 0.2) is 6.61 Å². The van der Waals surface area contributed by atoms with E-state index >= 15 is 0 Å². The van der Waals surface area contributed by atoms with E-state index in [1.165, 1.54) is 18.3 Å². The second-order valence-electron chi connectivity index (χ2n) is 6.10. The minimum Gasteiger partial charge on any atom is -0.468 e. The number of nitrogens with one attached hydrogen (secondary N) is 2. The first-order valence-corrected chi connectivity index (χ1v) is 8.34. The fraction of sp³-hybridized carbons (Fsp3) is 0.625. The van der Waals surface area contributed by atoms with E-state index in [0.717, 1.165) is 0 Å². The van der Waals surface area contributed by atoms with Gasteiger partial charge in [-0.1, -0.05) is 0 Å². The number of nitrogens with zero attached hydrogens (tertiary/aromatic N) is 1. The van der Waals surface area contributed by atoms with Crippen LogP contribution in [-0.4, -0.2) is 42.6 Å². The van der Waals surface area contributed by atoms with Crippen LogP contribution in [-0.2, 0) is 11.3 Å². The molecule has 152 valence electrons. The second kappa shape index (κ2) is 9.67. The Morgan fingerprint density at radius 3 is 2.59 bits per heavy atom. The van der Waals surface area contributed by atoms with Gasteiger partial charge in [-0.2, -0.15) is 22.0 Å². The van der Waals surface area contributed by atoms with Gasteiger partial charge >= 0.3 is 18.8 Å². The first kappa shape index (κ1) is 21.1. The lowest BCUT2D eigenvalue weighted by Gasteiger charge is -2.28. The predicted octanol–water partition coefficient (Wildman–Crippen LogP) is 3.37. The Bertz CT molecular complexity index is 607. The number of carbonyl (C=O) groups is 1. The third-order valence-corrected chi connectivity index (χ3v) is 3.94. The van der Waals surface area contributed by atoms with Gasteiger partial charge < -0.3 is 20.1 Å². The van der Waals surface area contributed by atoms with Crippen molar-refractivity contribution >= 4 is 6.03 Å². The van der Waals surface area contributed by atoms with Gasteiger partial charge in [0.1, 0.15) is 0 Å². The van der Waals surface area contributed by atoms with Crippen molar-refractivity contribution in [3.05, 3.63) is 23.9 Å². The number of carbonyl (C=O) groups excluding carboxylic acids is 1. The summed E-state index contributed by atoms with van der Waals surface area (Å²) >= 11 is 0. The van der Waals surface area contributed by atoms with Crippen LogP contribution < -0.4 is 15.4 Å². The lowest BCUT2D eigenvalue weighted by atomic mass is 9.93. The molecule has 0 unspecified atom stereocenters. The first-order valence-electron chi connectivity index (χ1n) is 8.34. The number of amides is 2. The summed E-state index contributed by atoms with van der Waals surface area (Å²) in [6.07, 6.45) is -1.78. The van der Waals surface area contributed by atoms with E-state index in [0.29, 0.717) is 31.2 Å². The molecule has 11 heteroatoms. The molecule has 1 saturated carbocycles. The van der Waals surface area contributed by atoms with Gasteiger partial charge in [0.2, 0.25) is 5.88 Å². The maximum absolute atomic E-state index is 12.2. The summed E-state index contributed by atoms with van der Waals surface area (Å²) < 4.78 is 69.7. The Kier molecular flexibility index (Phi) is 7.57. The third-order valence-electron chi connectivity index (χ3n) is 3.94. The van der Waals surface area contributed by atoms with Gasteiger partial charge in [-0.3, -0.25) is 0 Å². The Hall–Kier alpha value is -2.17. The van der Waals surface area contributed by atoms with Crippen LogP contribution >= 0.6 is 0 Å². The van der Waals surface area contributed by atoms with Crippen LogP contribution in [0.2, 0.25) is 0 Å². The molecule has 1 aliphatic rings. The molecule has 0 spiro atoms. The standard InChI is InChI=1S/C16H20F5N3O3/c17-14(18)27-12-3-1-11(2-4-12)24-15(25)23-8-10-5-6-22-13(7-10)26-9-16(19,20)21/h5-7,11-12,14H,1-4,8-9H2,(H2,23,24,25). The van der Waals surface area contributed by atoms with Crippen molar-refractivity contribution in [2.45, 2.75) is 57.2 Å². The van der Waals surface area contributed by atoms with Gasteiger partial charge in [-0.05, 0) is 37.3 Å². The molecule has 0 aromatic carbocycles. The predicted molar refractivity (Wildman–Crippen MR) is 84.3 cm³/mol. The molecule has 6 nitrogen and oxygen atoms in total. The van der Waals surface area contributed by atoms with E-state index in [2.05, 4.69) is 25.1 Å². The molecule has 1 fully saturated rings. The zero-order chi connectivity index (χ0) is 19.9. The maximum atomic E-state index is 12.2. The molecule has 1 heterocycles. The molecule has 0 radical (unpaired) electrons. The number of alkyl halides is 5. The van der Waals surface area contributed by atoms with E-state index in [1.54, 1.807) is 0 Å². The van der Waals surface area contributed by atoms with Crippen LogP contribution in [0.4, 0.5) is 26.7 Å². The molecule has 0 atom stereocenters. The molecule has 27 heavy (non-hydrogen) atoms. The van der Waals surface area contributed by atoms with Crippen molar-refractivity contribution in [3.8, 4) is 5.88 Å². The van der Waals surface area contributed by atoms with E-state index in [9.17, 15) is 26.7 Å². The number of hydrogen-bond acceptors (Lipinski definition) is 4. The first-order chi connectivity index (χ1) is 12.7. The summed E-state index contributed by atoms with van der Waals surface area (Å²) in [7, 11) is 0. The summed E-state index contributed by atoms with van der Waals surface area (Å²) in [5.74, 6) is -0.190. The maximum Gasteiger partial charge on any atom is 0.422 e. The smallest absolute Gasteiger partial charge is 0.422 e. The van der Waals surface area contributed by atoms with Crippen LogP contribution in [0.25, 0.3) is 0 Å².